The standard InChI is InChI=1S/C12H10.C11H20O2.H3O3P/c1-3-7-11(8-4-1)12-9-5-2-6-10-12;1-4-11(12)13-9-7-5-6-8-10(2)3;1-4(2)3/h1-10H;4,10H,1,5-9H2,2-3H3;1-3H. The molecule has 0 bridgehead atoms. The Hall–Kier alpha value is -2.04. The molecule has 0 aromatic heterocycles. The number of benzene rings is 2. The number of esters is 1. The number of carbonyl (C=O) groups is 1. The van der Waals surface area contributed by atoms with Gasteiger partial charge >= 0.3 is 14.6 Å². The summed E-state index contributed by atoms with van der Waals surface area (Å²) in [4.78, 5) is 32.3. The lowest BCUT2D eigenvalue weighted by molar-refractivity contribution is -0.137. The fraction of sp³-hybridized carbons (Fsp3) is 0.348. The van der Waals surface area contributed by atoms with E-state index in [-0.39, 0.29) is 5.97 Å². The van der Waals surface area contributed by atoms with Gasteiger partial charge in [0.05, 0.1) is 6.61 Å². The molecule has 0 radical (unpaired) electrons. The highest BCUT2D eigenvalue weighted by atomic mass is 31.2. The minimum absolute atomic E-state index is 0.316. The van der Waals surface area contributed by atoms with Gasteiger partial charge in [0.2, 0.25) is 0 Å². The molecular weight excluding hydrogens is 387 g/mol. The molecule has 2 aromatic carbocycles. The van der Waals surface area contributed by atoms with Gasteiger partial charge in [0, 0.05) is 6.08 Å². The first-order chi connectivity index (χ1) is 13.9. The number of carbonyl (C=O) groups excluding carboxylic acids is 1. The van der Waals surface area contributed by atoms with Crippen molar-refractivity contribution in [2.24, 2.45) is 5.92 Å². The summed E-state index contributed by atoms with van der Waals surface area (Å²) < 4.78 is 4.84. The summed E-state index contributed by atoms with van der Waals surface area (Å²) in [6, 6.07) is 20.8. The lowest BCUT2D eigenvalue weighted by Gasteiger charge is -2.04. The highest BCUT2D eigenvalue weighted by Crippen LogP contribution is 2.17. The number of hydrogen-bond donors (Lipinski definition) is 3. The molecule has 0 unspecified atom stereocenters. The third kappa shape index (κ3) is 17.8. The number of unbranched alkanes of at least 4 members (excludes halogenated alkanes) is 2. The second kappa shape index (κ2) is 18.0. The highest BCUT2D eigenvalue weighted by molar-refractivity contribution is 7.38. The molecule has 0 aliphatic heterocycles. The Morgan fingerprint density at radius 1 is 0.931 bits per heavy atom. The van der Waals surface area contributed by atoms with E-state index in [0.29, 0.717) is 6.61 Å². The second-order valence-electron chi connectivity index (χ2n) is 6.62. The van der Waals surface area contributed by atoms with E-state index in [1.54, 1.807) is 0 Å². The van der Waals surface area contributed by atoms with E-state index in [4.69, 9.17) is 19.4 Å². The maximum Gasteiger partial charge on any atom is 0.330 e. The lowest BCUT2D eigenvalue weighted by atomic mass is 10.1. The summed E-state index contributed by atoms with van der Waals surface area (Å²) in [5.41, 5.74) is 2.55. The monoisotopic (exact) mass is 420 g/mol. The first kappa shape index (κ1) is 27.0. The van der Waals surface area contributed by atoms with Crippen LogP contribution in [0, 0.1) is 5.92 Å². The molecule has 160 valence electrons. The molecule has 0 aliphatic rings. The summed E-state index contributed by atoms with van der Waals surface area (Å²) in [6.45, 7) is 8.29. The average molecular weight is 420 g/mol. The Kier molecular flexibility index (Phi) is 16.8. The molecule has 0 heterocycles. The molecule has 5 nitrogen and oxygen atoms in total. The van der Waals surface area contributed by atoms with Gasteiger partial charge in [-0.05, 0) is 23.5 Å². The van der Waals surface area contributed by atoms with E-state index >= 15 is 0 Å². The fourth-order valence-corrected chi connectivity index (χ4v) is 2.32. The van der Waals surface area contributed by atoms with Crippen LogP contribution in [0.25, 0.3) is 11.1 Å². The Bertz CT molecular complexity index is 605. The molecule has 0 saturated heterocycles. The van der Waals surface area contributed by atoms with E-state index in [0.717, 1.165) is 18.8 Å². The van der Waals surface area contributed by atoms with Crippen LogP contribution in [0.2, 0.25) is 0 Å². The zero-order valence-electron chi connectivity index (χ0n) is 17.3. The van der Waals surface area contributed by atoms with E-state index in [2.05, 4.69) is 69.0 Å². The van der Waals surface area contributed by atoms with E-state index < -0.39 is 8.60 Å². The topological polar surface area (TPSA) is 87.0 Å². The van der Waals surface area contributed by atoms with Crippen molar-refractivity contribution in [3.8, 4) is 11.1 Å². The van der Waals surface area contributed by atoms with Crippen molar-refractivity contribution in [3.63, 3.8) is 0 Å². The van der Waals surface area contributed by atoms with E-state index in [1.807, 2.05) is 12.1 Å². The van der Waals surface area contributed by atoms with Crippen molar-refractivity contribution in [2.45, 2.75) is 39.5 Å². The molecule has 0 fully saturated rings. The molecule has 2 rings (SSSR count). The first-order valence-electron chi connectivity index (χ1n) is 9.63. The normalized spacial score (nSPS) is 9.76. The van der Waals surface area contributed by atoms with Gasteiger partial charge in [0.15, 0.2) is 0 Å². The van der Waals surface area contributed by atoms with Gasteiger partial charge < -0.3 is 19.4 Å². The number of ether oxygens (including phenoxy) is 1. The van der Waals surface area contributed by atoms with Crippen molar-refractivity contribution in [1.29, 1.82) is 0 Å². The molecule has 0 amide bonds. The SMILES string of the molecule is C=CC(=O)OCCCCCC(C)C.OP(O)O.c1ccc(-c2ccccc2)cc1. The van der Waals surface area contributed by atoms with Crippen LogP contribution in [0.4, 0.5) is 0 Å². The summed E-state index contributed by atoms with van der Waals surface area (Å²) in [7, 11) is -2.62. The van der Waals surface area contributed by atoms with Crippen LogP contribution in [0.15, 0.2) is 73.3 Å². The maximum atomic E-state index is 10.6. The minimum atomic E-state index is -2.62. The molecule has 2 aromatic rings. The summed E-state index contributed by atoms with van der Waals surface area (Å²) in [5, 5.41) is 0. The smallest absolute Gasteiger partial charge is 0.330 e. The molecule has 3 N–H and O–H groups in total. The molecule has 29 heavy (non-hydrogen) atoms. The van der Waals surface area contributed by atoms with Crippen molar-refractivity contribution >= 4 is 14.6 Å². The third-order valence-corrected chi connectivity index (χ3v) is 3.72. The Morgan fingerprint density at radius 2 is 1.38 bits per heavy atom. The fourth-order valence-electron chi connectivity index (χ4n) is 2.32. The quantitative estimate of drug-likeness (QED) is 0.228. The molecular formula is C23H33O5P. The van der Waals surface area contributed by atoms with Crippen LogP contribution < -0.4 is 0 Å². The van der Waals surface area contributed by atoms with Crippen molar-refractivity contribution in [1.82, 2.24) is 0 Å². The van der Waals surface area contributed by atoms with Gasteiger partial charge in [-0.2, -0.15) is 0 Å². The molecule has 0 saturated carbocycles. The van der Waals surface area contributed by atoms with Gasteiger partial charge in [0.1, 0.15) is 0 Å². The van der Waals surface area contributed by atoms with Crippen molar-refractivity contribution in [3.05, 3.63) is 73.3 Å². The Morgan fingerprint density at radius 3 is 1.76 bits per heavy atom. The zero-order valence-corrected chi connectivity index (χ0v) is 18.2. The molecule has 0 atom stereocenters. The molecule has 0 spiro atoms. The molecule has 6 heteroatoms. The molecule has 0 aliphatic carbocycles. The number of rotatable bonds is 8. The summed E-state index contributed by atoms with van der Waals surface area (Å²) >= 11 is 0. The van der Waals surface area contributed by atoms with Crippen LogP contribution in [-0.4, -0.2) is 27.3 Å². The predicted molar refractivity (Wildman–Crippen MR) is 120 cm³/mol. The van der Waals surface area contributed by atoms with Crippen LogP contribution in [-0.2, 0) is 9.53 Å². The van der Waals surface area contributed by atoms with Crippen molar-refractivity contribution in [2.75, 3.05) is 6.61 Å². The minimum Gasteiger partial charge on any atom is -0.463 e. The zero-order chi connectivity index (χ0) is 21.9. The van der Waals surface area contributed by atoms with Crippen LogP contribution in [0.3, 0.4) is 0 Å². The predicted octanol–water partition coefficient (Wildman–Crippen LogP) is 5.48. The van der Waals surface area contributed by atoms with Gasteiger partial charge in [-0.1, -0.05) is 100 Å². The Balaban J connectivity index is 0.000000458. The summed E-state index contributed by atoms with van der Waals surface area (Å²) in [6.07, 6.45) is 5.79. The Labute approximate surface area is 175 Å². The second-order valence-corrected chi connectivity index (χ2v) is 7.15. The highest BCUT2D eigenvalue weighted by Gasteiger charge is 1.96. The van der Waals surface area contributed by atoms with E-state index in [1.165, 1.54) is 30.0 Å². The van der Waals surface area contributed by atoms with Crippen LogP contribution in [0.5, 0.6) is 0 Å². The van der Waals surface area contributed by atoms with Gasteiger partial charge in [-0.3, -0.25) is 0 Å². The van der Waals surface area contributed by atoms with Crippen molar-refractivity contribution < 1.29 is 24.2 Å². The lowest BCUT2D eigenvalue weighted by Crippen LogP contribution is -2.01. The third-order valence-electron chi connectivity index (χ3n) is 3.72. The van der Waals surface area contributed by atoms with Gasteiger partial charge in [-0.25, -0.2) is 4.79 Å². The maximum absolute atomic E-state index is 10.6. The number of hydrogen-bond acceptors (Lipinski definition) is 5. The summed E-state index contributed by atoms with van der Waals surface area (Å²) in [5.74, 6) is 0.458. The van der Waals surface area contributed by atoms with E-state index in [9.17, 15) is 4.79 Å². The first-order valence-corrected chi connectivity index (χ1v) is 10.8. The van der Waals surface area contributed by atoms with Gasteiger partial charge in [0.25, 0.3) is 0 Å². The van der Waals surface area contributed by atoms with Gasteiger partial charge in [-0.15, -0.1) is 0 Å². The van der Waals surface area contributed by atoms with Crippen LogP contribution >= 0.6 is 8.60 Å². The largest absolute Gasteiger partial charge is 0.463 e. The van der Waals surface area contributed by atoms with Crippen LogP contribution in [0.1, 0.15) is 39.5 Å². The average Bonchev–Trinajstić information content (AvgIpc) is 2.71.